The van der Waals surface area contributed by atoms with Crippen molar-refractivity contribution in [2.24, 2.45) is 0 Å². The average molecular weight is 473 g/mol. The first-order valence-electron chi connectivity index (χ1n) is 12.6. The summed E-state index contributed by atoms with van der Waals surface area (Å²) in [6.07, 6.45) is 20.8. The standard InChI is InChI=1S/C24H50O4S.K/c1-3-5-7-9-11-12-13-14-15-16-18-20-22-24(29(26,27)28)23(25)21-19-17-10-8-6-4-2;/h23-25H,3-22H2,1-2H3,(H,26,27,28);/q;+1/p-1. The summed E-state index contributed by atoms with van der Waals surface area (Å²) in [7, 11) is -4.43. The van der Waals surface area contributed by atoms with Crippen LogP contribution in [0.2, 0.25) is 0 Å². The summed E-state index contributed by atoms with van der Waals surface area (Å²) in [5, 5.41) is 9.12. The minimum absolute atomic E-state index is 0. The molecule has 0 saturated heterocycles. The van der Waals surface area contributed by atoms with Crippen molar-refractivity contribution < 1.29 is 69.5 Å². The van der Waals surface area contributed by atoms with Gasteiger partial charge in [0.1, 0.15) is 10.1 Å². The predicted molar refractivity (Wildman–Crippen MR) is 123 cm³/mol. The normalized spacial score (nSPS) is 13.7. The smallest absolute Gasteiger partial charge is 0.748 e. The largest absolute Gasteiger partial charge is 1.00 e. The molecule has 0 rings (SSSR count). The first kappa shape index (κ1) is 33.7. The topological polar surface area (TPSA) is 77.4 Å². The van der Waals surface area contributed by atoms with Gasteiger partial charge in [-0.2, -0.15) is 0 Å². The van der Waals surface area contributed by atoms with Crippen molar-refractivity contribution in [2.45, 2.75) is 154 Å². The van der Waals surface area contributed by atoms with E-state index in [0.29, 0.717) is 12.8 Å². The van der Waals surface area contributed by atoms with Crippen LogP contribution in [0.25, 0.3) is 0 Å². The Balaban J connectivity index is 0. The van der Waals surface area contributed by atoms with Gasteiger partial charge in [0.25, 0.3) is 0 Å². The molecule has 0 aliphatic heterocycles. The fourth-order valence-corrected chi connectivity index (χ4v) is 5.01. The number of hydrogen-bond acceptors (Lipinski definition) is 4. The molecule has 176 valence electrons. The molecule has 2 atom stereocenters. The van der Waals surface area contributed by atoms with Gasteiger partial charge in [-0.25, -0.2) is 8.42 Å². The van der Waals surface area contributed by atoms with Gasteiger partial charge in [0.2, 0.25) is 0 Å². The summed E-state index contributed by atoms with van der Waals surface area (Å²) >= 11 is 0. The van der Waals surface area contributed by atoms with E-state index in [1.807, 2.05) is 0 Å². The second-order valence-electron chi connectivity index (χ2n) is 8.83. The van der Waals surface area contributed by atoms with E-state index >= 15 is 0 Å². The summed E-state index contributed by atoms with van der Waals surface area (Å²) in [4.78, 5) is 0. The van der Waals surface area contributed by atoms with Gasteiger partial charge in [0.15, 0.2) is 0 Å². The molecule has 0 aromatic rings. The quantitative estimate of drug-likeness (QED) is 0.146. The third-order valence-electron chi connectivity index (χ3n) is 6.00. The van der Waals surface area contributed by atoms with Crippen LogP contribution in [0.4, 0.5) is 0 Å². The van der Waals surface area contributed by atoms with E-state index < -0.39 is 21.5 Å². The number of aliphatic hydroxyl groups excluding tert-OH is 1. The van der Waals surface area contributed by atoms with Crippen molar-refractivity contribution >= 4 is 10.1 Å². The summed E-state index contributed by atoms with van der Waals surface area (Å²) in [5.74, 6) is 0. The van der Waals surface area contributed by atoms with E-state index in [9.17, 15) is 18.1 Å². The van der Waals surface area contributed by atoms with E-state index in [1.54, 1.807) is 0 Å². The molecule has 0 radical (unpaired) electrons. The molecule has 0 amide bonds. The Morgan fingerprint density at radius 3 is 1.23 bits per heavy atom. The molecule has 0 aliphatic carbocycles. The average Bonchev–Trinajstić information content (AvgIpc) is 2.67. The first-order chi connectivity index (χ1) is 13.9. The molecule has 0 bridgehead atoms. The molecule has 1 N–H and O–H groups in total. The van der Waals surface area contributed by atoms with Crippen LogP contribution in [-0.2, 0) is 10.1 Å². The molecule has 0 aromatic carbocycles. The van der Waals surface area contributed by atoms with E-state index in [-0.39, 0.29) is 51.4 Å². The molecule has 0 aliphatic rings. The van der Waals surface area contributed by atoms with Crippen LogP contribution in [0.3, 0.4) is 0 Å². The molecular formula is C24H49KO4S. The van der Waals surface area contributed by atoms with Crippen LogP contribution in [0.5, 0.6) is 0 Å². The summed E-state index contributed by atoms with van der Waals surface area (Å²) in [6.45, 7) is 4.41. The summed E-state index contributed by atoms with van der Waals surface area (Å²) in [6, 6.07) is 0. The van der Waals surface area contributed by atoms with Gasteiger partial charge in [-0.05, 0) is 12.8 Å². The van der Waals surface area contributed by atoms with Crippen molar-refractivity contribution in [3.8, 4) is 0 Å². The van der Waals surface area contributed by atoms with E-state index in [1.165, 1.54) is 77.0 Å². The zero-order valence-corrected chi connectivity index (χ0v) is 24.3. The molecule has 0 fully saturated rings. The van der Waals surface area contributed by atoms with Crippen molar-refractivity contribution in [3.63, 3.8) is 0 Å². The number of aliphatic hydroxyl groups is 1. The molecule has 0 aromatic heterocycles. The van der Waals surface area contributed by atoms with Crippen molar-refractivity contribution in [3.05, 3.63) is 0 Å². The molecule has 6 heteroatoms. The van der Waals surface area contributed by atoms with Crippen LogP contribution in [0, 0.1) is 0 Å². The second kappa shape index (κ2) is 23.7. The van der Waals surface area contributed by atoms with Crippen molar-refractivity contribution in [1.29, 1.82) is 0 Å². The monoisotopic (exact) mass is 472 g/mol. The number of rotatable bonds is 22. The van der Waals surface area contributed by atoms with Crippen LogP contribution in [0.1, 0.15) is 142 Å². The summed E-state index contributed by atoms with van der Waals surface area (Å²) in [5.41, 5.74) is 0. The Morgan fingerprint density at radius 2 is 0.900 bits per heavy atom. The van der Waals surface area contributed by atoms with Crippen LogP contribution in [0.15, 0.2) is 0 Å². The van der Waals surface area contributed by atoms with Gasteiger partial charge in [0.05, 0.1) is 11.4 Å². The fourth-order valence-electron chi connectivity index (χ4n) is 4.04. The molecule has 0 spiro atoms. The zero-order valence-electron chi connectivity index (χ0n) is 20.4. The Hall–Kier alpha value is 1.51. The predicted octanol–water partition coefficient (Wildman–Crippen LogP) is 4.11. The van der Waals surface area contributed by atoms with Crippen molar-refractivity contribution in [2.75, 3.05) is 0 Å². The van der Waals surface area contributed by atoms with Crippen LogP contribution in [-0.4, -0.2) is 29.4 Å². The molecular weight excluding hydrogens is 423 g/mol. The fraction of sp³-hybridized carbons (Fsp3) is 1.00. The third kappa shape index (κ3) is 21.4. The van der Waals surface area contributed by atoms with E-state index in [4.69, 9.17) is 0 Å². The molecule has 0 saturated carbocycles. The van der Waals surface area contributed by atoms with E-state index in [0.717, 1.165) is 38.5 Å². The molecule has 30 heavy (non-hydrogen) atoms. The van der Waals surface area contributed by atoms with Crippen molar-refractivity contribution in [1.82, 2.24) is 0 Å². The van der Waals surface area contributed by atoms with Gasteiger partial charge in [0, 0.05) is 0 Å². The second-order valence-corrected chi connectivity index (χ2v) is 10.4. The molecule has 2 unspecified atom stereocenters. The SMILES string of the molecule is CCCCCCCCCCCCCCC(C(O)CCCCCCCC)S(=O)(=O)[O-].[K+]. The Kier molecular flexibility index (Phi) is 26.6. The Morgan fingerprint density at radius 1 is 0.600 bits per heavy atom. The van der Waals surface area contributed by atoms with Crippen LogP contribution >= 0.6 is 0 Å². The maximum atomic E-state index is 11.6. The minimum atomic E-state index is -4.43. The molecule has 0 heterocycles. The van der Waals surface area contributed by atoms with E-state index in [2.05, 4.69) is 13.8 Å². The maximum absolute atomic E-state index is 11.6. The zero-order chi connectivity index (χ0) is 21.8. The maximum Gasteiger partial charge on any atom is 1.00 e. The first-order valence-corrected chi connectivity index (χ1v) is 14.0. The number of hydrogen-bond donors (Lipinski definition) is 1. The summed E-state index contributed by atoms with van der Waals surface area (Å²) < 4.78 is 34.7. The van der Waals surface area contributed by atoms with Gasteiger partial charge >= 0.3 is 51.4 Å². The van der Waals surface area contributed by atoms with Gasteiger partial charge in [-0.1, -0.05) is 129 Å². The Labute approximate surface area is 230 Å². The minimum Gasteiger partial charge on any atom is -0.748 e. The van der Waals surface area contributed by atoms with Gasteiger partial charge in [-0.3, -0.25) is 0 Å². The number of unbranched alkanes of at least 4 members (excludes halogenated alkanes) is 16. The molecule has 4 nitrogen and oxygen atoms in total. The Bertz CT molecular complexity index is 442. The van der Waals surface area contributed by atoms with Gasteiger partial charge < -0.3 is 9.66 Å². The third-order valence-corrected chi connectivity index (χ3v) is 7.29. The van der Waals surface area contributed by atoms with Gasteiger partial charge in [-0.15, -0.1) is 0 Å². The van der Waals surface area contributed by atoms with Crippen LogP contribution < -0.4 is 51.4 Å².